The molecule has 1 aromatic rings. The number of allylic oxidation sites excluding steroid dienone is 3. The molecule has 1 aliphatic carbocycles. The molecule has 3 rings (SSSR count). The lowest BCUT2D eigenvalue weighted by molar-refractivity contribution is -0.138. The highest BCUT2D eigenvalue weighted by Crippen LogP contribution is 2.47. The van der Waals surface area contributed by atoms with E-state index in [-0.39, 0.29) is 17.8 Å². The van der Waals surface area contributed by atoms with Crippen molar-refractivity contribution in [2.45, 2.75) is 52.9 Å². The van der Waals surface area contributed by atoms with Crippen molar-refractivity contribution >= 4 is 35.0 Å². The number of Topliss-reactive ketones (excluding diaryl/α,β-unsaturated/α-hetero) is 1. The van der Waals surface area contributed by atoms with E-state index in [2.05, 4.69) is 19.2 Å². The van der Waals surface area contributed by atoms with Crippen molar-refractivity contribution in [1.29, 1.82) is 0 Å². The Bertz CT molecular complexity index is 899. The van der Waals surface area contributed by atoms with Crippen molar-refractivity contribution in [3.05, 3.63) is 56.3 Å². The molecule has 150 valence electrons. The molecular formula is C22H25Cl2NO3. The largest absolute Gasteiger partial charge is 0.463 e. The summed E-state index contributed by atoms with van der Waals surface area (Å²) in [4.78, 5) is 26.1. The summed E-state index contributed by atoms with van der Waals surface area (Å²) in [5.74, 6) is -0.873. The molecule has 0 radical (unpaired) electrons. The lowest BCUT2D eigenvalue weighted by atomic mass is 9.68. The molecule has 1 N–H and O–H groups in total. The third-order valence-electron chi connectivity index (χ3n) is 5.25. The van der Waals surface area contributed by atoms with Crippen molar-refractivity contribution < 1.29 is 14.3 Å². The summed E-state index contributed by atoms with van der Waals surface area (Å²) in [5.41, 5.74) is 3.43. The van der Waals surface area contributed by atoms with Gasteiger partial charge in [0, 0.05) is 29.3 Å². The Hall–Kier alpha value is -1.78. The van der Waals surface area contributed by atoms with Gasteiger partial charge in [-0.15, -0.1) is 0 Å². The Morgan fingerprint density at radius 1 is 1.21 bits per heavy atom. The first-order chi connectivity index (χ1) is 13.2. The summed E-state index contributed by atoms with van der Waals surface area (Å²) < 4.78 is 5.35. The van der Waals surface area contributed by atoms with Gasteiger partial charge in [-0.2, -0.15) is 0 Å². The Kier molecular flexibility index (Phi) is 5.92. The Labute approximate surface area is 175 Å². The number of hydrogen-bond acceptors (Lipinski definition) is 4. The summed E-state index contributed by atoms with van der Waals surface area (Å²) in [6, 6.07) is 5.27. The maximum absolute atomic E-state index is 13.2. The zero-order valence-corrected chi connectivity index (χ0v) is 18.1. The van der Waals surface area contributed by atoms with Crippen LogP contribution in [0.5, 0.6) is 0 Å². The lowest BCUT2D eigenvalue weighted by Gasteiger charge is -2.40. The molecule has 0 spiro atoms. The van der Waals surface area contributed by atoms with E-state index in [9.17, 15) is 9.59 Å². The predicted octanol–water partition coefficient (Wildman–Crippen LogP) is 5.55. The van der Waals surface area contributed by atoms with E-state index in [1.807, 2.05) is 13.0 Å². The maximum Gasteiger partial charge on any atom is 0.336 e. The zero-order valence-electron chi connectivity index (χ0n) is 16.6. The van der Waals surface area contributed by atoms with E-state index in [0.29, 0.717) is 34.0 Å². The number of hydrogen-bond donors (Lipinski definition) is 1. The van der Waals surface area contributed by atoms with Gasteiger partial charge in [-0.25, -0.2) is 4.79 Å². The van der Waals surface area contributed by atoms with E-state index in [0.717, 1.165) is 23.4 Å². The van der Waals surface area contributed by atoms with Crippen LogP contribution >= 0.6 is 23.2 Å². The summed E-state index contributed by atoms with van der Waals surface area (Å²) in [6.45, 7) is 8.18. The maximum atomic E-state index is 13.2. The zero-order chi connectivity index (χ0) is 20.6. The summed E-state index contributed by atoms with van der Waals surface area (Å²) in [5, 5.41) is 4.21. The van der Waals surface area contributed by atoms with Crippen LogP contribution in [-0.4, -0.2) is 18.4 Å². The molecule has 1 heterocycles. The van der Waals surface area contributed by atoms with E-state index >= 15 is 0 Å². The minimum absolute atomic E-state index is 0.0479. The van der Waals surface area contributed by atoms with Crippen molar-refractivity contribution in [1.82, 2.24) is 5.32 Å². The molecule has 6 heteroatoms. The summed E-state index contributed by atoms with van der Waals surface area (Å²) >= 11 is 12.4. The molecule has 0 fully saturated rings. The van der Waals surface area contributed by atoms with Gasteiger partial charge < -0.3 is 10.1 Å². The Morgan fingerprint density at radius 3 is 2.54 bits per heavy atom. The topological polar surface area (TPSA) is 55.4 Å². The highest BCUT2D eigenvalue weighted by molar-refractivity contribution is 6.42. The van der Waals surface area contributed by atoms with E-state index in [4.69, 9.17) is 27.9 Å². The molecule has 1 unspecified atom stereocenters. The first-order valence-electron chi connectivity index (χ1n) is 9.57. The number of benzene rings is 1. The fourth-order valence-corrected chi connectivity index (χ4v) is 4.41. The Balaban J connectivity index is 2.23. The lowest BCUT2D eigenvalue weighted by Crippen LogP contribution is -2.39. The van der Waals surface area contributed by atoms with Gasteiger partial charge in [-0.05, 0) is 42.9 Å². The van der Waals surface area contributed by atoms with Crippen molar-refractivity contribution in [3.63, 3.8) is 0 Å². The van der Waals surface area contributed by atoms with Gasteiger partial charge in [0.05, 0.1) is 22.2 Å². The predicted molar refractivity (Wildman–Crippen MR) is 111 cm³/mol. The van der Waals surface area contributed by atoms with Crippen molar-refractivity contribution in [3.8, 4) is 0 Å². The van der Waals surface area contributed by atoms with Gasteiger partial charge in [0.2, 0.25) is 0 Å². The molecular weight excluding hydrogens is 397 g/mol. The molecule has 28 heavy (non-hydrogen) atoms. The molecule has 0 amide bonds. The van der Waals surface area contributed by atoms with Crippen molar-refractivity contribution in [2.75, 3.05) is 6.61 Å². The molecule has 0 aromatic heterocycles. The SMILES string of the molecule is CCOC(=O)C1=C(CC)NC2=C(C(=O)CC(C)(C)C2)C1c1ccc(Cl)c(Cl)c1. The third kappa shape index (κ3) is 3.85. The molecule has 4 nitrogen and oxygen atoms in total. The van der Waals surface area contributed by atoms with Gasteiger partial charge in [0.25, 0.3) is 0 Å². The number of nitrogens with one attached hydrogen (secondary N) is 1. The monoisotopic (exact) mass is 421 g/mol. The quantitative estimate of drug-likeness (QED) is 0.647. The van der Waals surface area contributed by atoms with E-state index in [1.54, 1.807) is 19.1 Å². The molecule has 1 aliphatic heterocycles. The number of dihydropyridines is 1. The number of halogens is 2. The van der Waals surface area contributed by atoms with Crippen LogP contribution < -0.4 is 5.32 Å². The highest BCUT2D eigenvalue weighted by atomic mass is 35.5. The molecule has 0 saturated carbocycles. The fraction of sp³-hybridized carbons (Fsp3) is 0.455. The molecule has 1 atom stereocenters. The second-order valence-corrected chi connectivity index (χ2v) is 8.85. The second kappa shape index (κ2) is 7.92. The average molecular weight is 422 g/mol. The van der Waals surface area contributed by atoms with Crippen LogP contribution in [-0.2, 0) is 14.3 Å². The molecule has 2 aliphatic rings. The smallest absolute Gasteiger partial charge is 0.336 e. The fourth-order valence-electron chi connectivity index (χ4n) is 4.10. The normalized spacial score (nSPS) is 21.4. The molecule has 0 bridgehead atoms. The molecule has 0 saturated heterocycles. The highest BCUT2D eigenvalue weighted by Gasteiger charge is 2.43. The van der Waals surface area contributed by atoms with Crippen LogP contribution in [0.1, 0.15) is 58.4 Å². The van der Waals surface area contributed by atoms with Gasteiger partial charge >= 0.3 is 5.97 Å². The number of carbonyl (C=O) groups is 2. The summed E-state index contributed by atoms with van der Waals surface area (Å²) in [7, 11) is 0. The summed E-state index contributed by atoms with van der Waals surface area (Å²) in [6.07, 6.45) is 1.80. The van der Waals surface area contributed by atoms with Gasteiger partial charge in [-0.3, -0.25) is 4.79 Å². The number of esters is 1. The standard InChI is InChI=1S/C22H25Cl2NO3/c1-5-15-20(21(27)28-6-2)18(12-7-8-13(23)14(24)9-12)19-16(25-15)10-22(3,4)11-17(19)26/h7-9,18,25H,5-6,10-11H2,1-4H3. The minimum Gasteiger partial charge on any atom is -0.463 e. The van der Waals surface area contributed by atoms with Crippen LogP contribution in [0, 0.1) is 5.41 Å². The number of ether oxygens (including phenoxy) is 1. The van der Waals surface area contributed by atoms with Gasteiger partial charge in [0.15, 0.2) is 5.78 Å². The van der Waals surface area contributed by atoms with Crippen molar-refractivity contribution in [2.24, 2.45) is 5.41 Å². The van der Waals surface area contributed by atoms with Crippen LogP contribution in [0.15, 0.2) is 40.7 Å². The van der Waals surface area contributed by atoms with E-state index < -0.39 is 11.9 Å². The first-order valence-corrected chi connectivity index (χ1v) is 10.3. The van der Waals surface area contributed by atoms with Crippen LogP contribution in [0.3, 0.4) is 0 Å². The number of carbonyl (C=O) groups excluding carboxylic acids is 2. The van der Waals surface area contributed by atoms with Gasteiger partial charge in [-0.1, -0.05) is 50.0 Å². The Morgan fingerprint density at radius 2 is 1.93 bits per heavy atom. The van der Waals surface area contributed by atoms with Crippen LogP contribution in [0.2, 0.25) is 10.0 Å². The van der Waals surface area contributed by atoms with E-state index in [1.165, 1.54) is 0 Å². The van der Waals surface area contributed by atoms with Crippen LogP contribution in [0.25, 0.3) is 0 Å². The minimum atomic E-state index is -0.511. The number of rotatable bonds is 4. The average Bonchev–Trinajstić information content (AvgIpc) is 2.61. The molecule has 1 aromatic carbocycles. The second-order valence-electron chi connectivity index (χ2n) is 8.03. The first kappa shape index (κ1) is 20.9. The van der Waals surface area contributed by atoms with Crippen LogP contribution in [0.4, 0.5) is 0 Å². The third-order valence-corrected chi connectivity index (χ3v) is 5.99. The number of ketones is 1. The van der Waals surface area contributed by atoms with Gasteiger partial charge in [0.1, 0.15) is 0 Å².